The van der Waals surface area contributed by atoms with Crippen molar-refractivity contribution in [3.63, 3.8) is 0 Å². The number of aryl methyl sites for hydroxylation is 1. The quantitative estimate of drug-likeness (QED) is 0.403. The monoisotopic (exact) mass is 348 g/mol. The summed E-state index contributed by atoms with van der Waals surface area (Å²) >= 11 is 0. The van der Waals surface area contributed by atoms with Gasteiger partial charge in [0.25, 0.3) is 5.91 Å². The Kier molecular flexibility index (Phi) is 6.79. The van der Waals surface area contributed by atoms with Crippen LogP contribution in [0.25, 0.3) is 0 Å². The molecule has 1 aliphatic rings. The molecule has 0 aromatic heterocycles. The number of halogens is 1. The first kappa shape index (κ1) is 19.2. The van der Waals surface area contributed by atoms with Crippen LogP contribution in [0.3, 0.4) is 0 Å². The number of amides is 1. The van der Waals surface area contributed by atoms with Crippen LogP contribution in [0.1, 0.15) is 48.5 Å². The van der Waals surface area contributed by atoms with E-state index in [0.717, 1.165) is 12.5 Å². The van der Waals surface area contributed by atoms with Crippen molar-refractivity contribution < 1.29 is 9.18 Å². The minimum atomic E-state index is -0.365. The SMILES string of the molecule is CCC1(CNC(=NC)NCCNC(=O)c2ccc(C)c(F)c2)CCC1. The van der Waals surface area contributed by atoms with Gasteiger partial charge in [0.1, 0.15) is 5.82 Å². The molecule has 0 bridgehead atoms. The Morgan fingerprint density at radius 1 is 1.24 bits per heavy atom. The van der Waals surface area contributed by atoms with Crippen LogP contribution in [0.2, 0.25) is 0 Å². The first-order valence-corrected chi connectivity index (χ1v) is 8.98. The summed E-state index contributed by atoms with van der Waals surface area (Å²) in [6.07, 6.45) is 5.04. The number of hydrogen-bond donors (Lipinski definition) is 3. The van der Waals surface area contributed by atoms with Gasteiger partial charge in [-0.1, -0.05) is 19.4 Å². The lowest BCUT2D eigenvalue weighted by Crippen LogP contribution is -2.47. The third kappa shape index (κ3) is 5.18. The molecule has 0 saturated heterocycles. The number of guanidine groups is 1. The maximum absolute atomic E-state index is 13.5. The van der Waals surface area contributed by atoms with Crippen LogP contribution in [-0.2, 0) is 0 Å². The molecular formula is C19H29FN4O. The molecule has 1 saturated carbocycles. The Labute approximate surface area is 149 Å². The number of nitrogens with zero attached hydrogens (tertiary/aromatic N) is 1. The lowest BCUT2D eigenvalue weighted by Gasteiger charge is -2.41. The van der Waals surface area contributed by atoms with E-state index < -0.39 is 0 Å². The van der Waals surface area contributed by atoms with Crippen molar-refractivity contribution >= 4 is 11.9 Å². The second-order valence-electron chi connectivity index (χ2n) is 6.78. The number of carbonyl (C=O) groups is 1. The van der Waals surface area contributed by atoms with E-state index in [9.17, 15) is 9.18 Å². The highest BCUT2D eigenvalue weighted by Crippen LogP contribution is 2.42. The minimum absolute atomic E-state index is 0.275. The van der Waals surface area contributed by atoms with Gasteiger partial charge in [-0.3, -0.25) is 9.79 Å². The molecule has 1 aromatic carbocycles. The molecule has 0 radical (unpaired) electrons. The molecule has 2 rings (SSSR count). The highest BCUT2D eigenvalue weighted by molar-refractivity contribution is 5.94. The predicted octanol–water partition coefficient (Wildman–Crippen LogP) is 2.61. The highest BCUT2D eigenvalue weighted by Gasteiger charge is 2.34. The van der Waals surface area contributed by atoms with Crippen molar-refractivity contribution in [2.75, 3.05) is 26.7 Å². The van der Waals surface area contributed by atoms with Gasteiger partial charge in [-0.15, -0.1) is 0 Å². The van der Waals surface area contributed by atoms with Gasteiger partial charge in [-0.25, -0.2) is 4.39 Å². The van der Waals surface area contributed by atoms with E-state index in [4.69, 9.17) is 0 Å². The van der Waals surface area contributed by atoms with E-state index in [1.54, 1.807) is 26.1 Å². The largest absolute Gasteiger partial charge is 0.356 e. The zero-order valence-electron chi connectivity index (χ0n) is 15.4. The van der Waals surface area contributed by atoms with Gasteiger partial charge < -0.3 is 16.0 Å². The third-order valence-electron chi connectivity index (χ3n) is 5.16. The van der Waals surface area contributed by atoms with Crippen molar-refractivity contribution in [1.29, 1.82) is 0 Å². The van der Waals surface area contributed by atoms with Gasteiger partial charge in [0, 0.05) is 32.2 Å². The molecule has 0 unspecified atom stereocenters. The molecule has 0 atom stereocenters. The van der Waals surface area contributed by atoms with Crippen LogP contribution < -0.4 is 16.0 Å². The molecule has 1 aromatic rings. The van der Waals surface area contributed by atoms with Gasteiger partial charge >= 0.3 is 0 Å². The highest BCUT2D eigenvalue weighted by atomic mass is 19.1. The summed E-state index contributed by atoms with van der Waals surface area (Å²) in [5.74, 6) is 0.106. The van der Waals surface area contributed by atoms with Crippen molar-refractivity contribution in [3.8, 4) is 0 Å². The molecule has 0 spiro atoms. The normalized spacial score (nSPS) is 16.1. The van der Waals surface area contributed by atoms with Crippen LogP contribution in [0.15, 0.2) is 23.2 Å². The number of rotatable bonds is 7. The molecule has 1 amide bonds. The molecule has 5 nitrogen and oxygen atoms in total. The standard InChI is InChI=1S/C19H29FN4O/c1-4-19(8-5-9-19)13-24-18(21-3)23-11-10-22-17(25)15-7-6-14(2)16(20)12-15/h6-7,12H,4-5,8-11,13H2,1-3H3,(H,22,25)(H2,21,23,24). The van der Waals surface area contributed by atoms with E-state index >= 15 is 0 Å². The van der Waals surface area contributed by atoms with Gasteiger partial charge in [0.15, 0.2) is 5.96 Å². The molecule has 3 N–H and O–H groups in total. The lowest BCUT2D eigenvalue weighted by atomic mass is 9.67. The lowest BCUT2D eigenvalue weighted by molar-refractivity contribution is 0.0954. The Bertz CT molecular complexity index is 620. The van der Waals surface area contributed by atoms with Gasteiger partial charge in [0.2, 0.25) is 0 Å². The number of benzene rings is 1. The predicted molar refractivity (Wildman–Crippen MR) is 99.4 cm³/mol. The first-order chi connectivity index (χ1) is 12.0. The van der Waals surface area contributed by atoms with Crippen LogP contribution in [0.5, 0.6) is 0 Å². The van der Waals surface area contributed by atoms with Crippen molar-refractivity contribution in [2.24, 2.45) is 10.4 Å². The van der Waals surface area contributed by atoms with E-state index in [1.165, 1.54) is 31.7 Å². The molecule has 138 valence electrons. The second kappa shape index (κ2) is 8.83. The zero-order chi connectivity index (χ0) is 18.3. The summed E-state index contributed by atoms with van der Waals surface area (Å²) in [7, 11) is 1.74. The van der Waals surface area contributed by atoms with Crippen LogP contribution >= 0.6 is 0 Å². The summed E-state index contributed by atoms with van der Waals surface area (Å²) in [6, 6.07) is 4.50. The number of carbonyl (C=O) groups excluding carboxylic acids is 1. The maximum atomic E-state index is 13.5. The van der Waals surface area contributed by atoms with Gasteiger partial charge in [-0.05, 0) is 49.3 Å². The Balaban J connectivity index is 1.70. The molecule has 6 heteroatoms. The summed E-state index contributed by atoms with van der Waals surface area (Å²) in [4.78, 5) is 16.2. The Morgan fingerprint density at radius 2 is 1.96 bits per heavy atom. The number of nitrogens with one attached hydrogen (secondary N) is 3. The third-order valence-corrected chi connectivity index (χ3v) is 5.16. The molecule has 25 heavy (non-hydrogen) atoms. The topological polar surface area (TPSA) is 65.5 Å². The Morgan fingerprint density at radius 3 is 2.52 bits per heavy atom. The fourth-order valence-electron chi connectivity index (χ4n) is 3.02. The summed E-state index contributed by atoms with van der Waals surface area (Å²) in [6.45, 7) is 5.83. The number of aliphatic imine (C=N–C) groups is 1. The van der Waals surface area contributed by atoms with Crippen molar-refractivity contribution in [1.82, 2.24) is 16.0 Å². The van der Waals surface area contributed by atoms with Gasteiger partial charge in [0.05, 0.1) is 0 Å². The van der Waals surface area contributed by atoms with E-state index in [0.29, 0.717) is 29.6 Å². The van der Waals surface area contributed by atoms with Crippen LogP contribution in [-0.4, -0.2) is 38.5 Å². The van der Waals surface area contributed by atoms with Crippen LogP contribution in [0.4, 0.5) is 4.39 Å². The number of hydrogen-bond acceptors (Lipinski definition) is 2. The Hall–Kier alpha value is -2.11. The maximum Gasteiger partial charge on any atom is 0.251 e. The van der Waals surface area contributed by atoms with Crippen LogP contribution in [0, 0.1) is 18.2 Å². The molecule has 0 heterocycles. The van der Waals surface area contributed by atoms with E-state index in [-0.39, 0.29) is 11.7 Å². The first-order valence-electron chi connectivity index (χ1n) is 8.98. The fourth-order valence-corrected chi connectivity index (χ4v) is 3.02. The molecular weight excluding hydrogens is 319 g/mol. The van der Waals surface area contributed by atoms with E-state index in [1.807, 2.05) is 0 Å². The summed E-state index contributed by atoms with van der Waals surface area (Å²) < 4.78 is 13.5. The average Bonchev–Trinajstić information content (AvgIpc) is 2.58. The molecule has 0 aliphatic heterocycles. The minimum Gasteiger partial charge on any atom is -0.356 e. The zero-order valence-corrected chi connectivity index (χ0v) is 15.4. The second-order valence-corrected chi connectivity index (χ2v) is 6.78. The van der Waals surface area contributed by atoms with Crippen molar-refractivity contribution in [2.45, 2.75) is 39.5 Å². The summed E-state index contributed by atoms with van der Waals surface area (Å²) in [5, 5.41) is 9.34. The van der Waals surface area contributed by atoms with Crippen molar-refractivity contribution in [3.05, 3.63) is 35.1 Å². The summed E-state index contributed by atoms with van der Waals surface area (Å²) in [5.41, 5.74) is 1.28. The molecule has 1 aliphatic carbocycles. The smallest absolute Gasteiger partial charge is 0.251 e. The van der Waals surface area contributed by atoms with Gasteiger partial charge in [-0.2, -0.15) is 0 Å². The molecule has 1 fully saturated rings. The average molecular weight is 348 g/mol. The van der Waals surface area contributed by atoms with E-state index in [2.05, 4.69) is 27.9 Å². The fraction of sp³-hybridized carbons (Fsp3) is 0.579.